The van der Waals surface area contributed by atoms with Crippen molar-refractivity contribution in [3.05, 3.63) is 56.5 Å². The summed E-state index contributed by atoms with van der Waals surface area (Å²) in [5.41, 5.74) is 4.13. The smallest absolute Gasteiger partial charge is 0.208 e. The van der Waals surface area contributed by atoms with Crippen molar-refractivity contribution in [2.45, 2.75) is 41.0 Å². The molecule has 1 aromatic heterocycles. The van der Waals surface area contributed by atoms with Gasteiger partial charge >= 0.3 is 0 Å². The molecule has 3 nitrogen and oxygen atoms in total. The van der Waals surface area contributed by atoms with E-state index in [1.807, 2.05) is 31.2 Å². The first-order valence-electron chi connectivity index (χ1n) is 9.25. The maximum Gasteiger partial charge on any atom is 0.208 e. The van der Waals surface area contributed by atoms with Crippen LogP contribution in [0.4, 0.5) is 0 Å². The summed E-state index contributed by atoms with van der Waals surface area (Å²) in [6, 6.07) is 7.75. The van der Waals surface area contributed by atoms with Crippen LogP contribution in [0.25, 0.3) is 11.1 Å². The summed E-state index contributed by atoms with van der Waals surface area (Å²) in [7, 11) is 2.10. The second-order valence-electron chi connectivity index (χ2n) is 8.32. The molecule has 0 saturated carbocycles. The summed E-state index contributed by atoms with van der Waals surface area (Å²) in [5.74, 6) is 6.42. The van der Waals surface area contributed by atoms with Crippen LogP contribution < -0.4 is 5.43 Å². The van der Waals surface area contributed by atoms with Crippen molar-refractivity contribution in [2.24, 2.45) is 5.41 Å². The number of H-pyrrole nitrogens is 1. The lowest BCUT2D eigenvalue weighted by Gasteiger charge is -2.21. The molecule has 0 radical (unpaired) electrons. The summed E-state index contributed by atoms with van der Waals surface area (Å²) >= 11 is 6.12. The van der Waals surface area contributed by atoms with E-state index in [0.717, 1.165) is 36.3 Å². The lowest BCUT2D eigenvalue weighted by atomic mass is 9.92. The molecule has 152 valence electrons. The Morgan fingerprint density at radius 2 is 1.71 bits per heavy atom. The van der Waals surface area contributed by atoms with Crippen molar-refractivity contribution in [2.75, 3.05) is 20.1 Å². The van der Waals surface area contributed by atoms with E-state index in [1.165, 1.54) is 0 Å². The summed E-state index contributed by atoms with van der Waals surface area (Å²) in [5, 5.41) is 0.248. The van der Waals surface area contributed by atoms with Gasteiger partial charge < -0.3 is 4.98 Å². The summed E-state index contributed by atoms with van der Waals surface area (Å²) in [6.45, 7) is 12.2. The Balaban J connectivity index is 0.00000392. The van der Waals surface area contributed by atoms with E-state index < -0.39 is 0 Å². The quantitative estimate of drug-likeness (QED) is 0.666. The van der Waals surface area contributed by atoms with Crippen molar-refractivity contribution in [1.29, 1.82) is 0 Å². The third-order valence-corrected chi connectivity index (χ3v) is 4.96. The fraction of sp³-hybridized carbons (Fsp3) is 0.435. The molecule has 0 aliphatic carbocycles. The molecule has 0 aliphatic rings. The van der Waals surface area contributed by atoms with E-state index in [4.69, 9.17) is 11.6 Å². The SMILES string of the molecule is Cc1[nH]c(C)c(-c2ccc(C#CCN(C)CCC(C)(C)C)cc2)c(=O)c1Cl.Cl. The largest absolute Gasteiger partial charge is 0.361 e. The van der Waals surface area contributed by atoms with Crippen LogP contribution in [0.1, 0.15) is 44.1 Å². The van der Waals surface area contributed by atoms with Gasteiger partial charge in [-0.3, -0.25) is 9.69 Å². The minimum atomic E-state index is -0.135. The normalized spacial score (nSPS) is 11.0. The predicted octanol–water partition coefficient (Wildman–Crippen LogP) is 5.45. The minimum absolute atomic E-state index is 0. The molecule has 0 aliphatic heterocycles. The maximum atomic E-state index is 12.5. The predicted molar refractivity (Wildman–Crippen MR) is 123 cm³/mol. The number of hydrogen-bond donors (Lipinski definition) is 1. The van der Waals surface area contributed by atoms with Crippen LogP contribution >= 0.6 is 24.0 Å². The molecule has 0 amide bonds. The second kappa shape index (κ2) is 10.2. The van der Waals surface area contributed by atoms with Gasteiger partial charge in [-0.25, -0.2) is 0 Å². The number of pyridine rings is 1. The average molecular weight is 421 g/mol. The molecule has 1 aromatic carbocycles. The molecule has 28 heavy (non-hydrogen) atoms. The molecule has 2 rings (SSSR count). The van der Waals surface area contributed by atoms with Crippen LogP contribution in [0, 0.1) is 31.1 Å². The first-order chi connectivity index (χ1) is 12.6. The van der Waals surface area contributed by atoms with Gasteiger partial charge in [0.2, 0.25) is 5.43 Å². The van der Waals surface area contributed by atoms with Gasteiger partial charge in [-0.1, -0.05) is 56.3 Å². The molecule has 0 saturated heterocycles. The van der Waals surface area contributed by atoms with Crippen LogP contribution in [-0.4, -0.2) is 30.0 Å². The number of nitrogens with zero attached hydrogens (tertiary/aromatic N) is 1. The number of aromatic nitrogens is 1. The maximum absolute atomic E-state index is 12.5. The van der Waals surface area contributed by atoms with Crippen LogP contribution in [0.15, 0.2) is 29.1 Å². The molecule has 1 heterocycles. The number of benzene rings is 1. The van der Waals surface area contributed by atoms with Crippen LogP contribution in [-0.2, 0) is 0 Å². The number of halogens is 2. The van der Waals surface area contributed by atoms with Crippen molar-refractivity contribution in [3.63, 3.8) is 0 Å². The zero-order valence-corrected chi connectivity index (χ0v) is 19.1. The molecule has 0 unspecified atom stereocenters. The van der Waals surface area contributed by atoms with Gasteiger partial charge in [0.1, 0.15) is 5.02 Å². The summed E-state index contributed by atoms with van der Waals surface area (Å²) in [6.07, 6.45) is 1.15. The van der Waals surface area contributed by atoms with Crippen molar-refractivity contribution in [1.82, 2.24) is 9.88 Å². The standard InChI is InChI=1S/C23H29ClN2O.ClH/c1-16-20(22(27)21(24)17(2)25-16)19-11-9-18(10-12-19)8-7-14-26(6)15-13-23(3,4)5;/h9-12H,13-15H2,1-6H3,(H,25,27);1H. The molecule has 0 bridgehead atoms. The summed E-state index contributed by atoms with van der Waals surface area (Å²) in [4.78, 5) is 17.9. The highest BCUT2D eigenvalue weighted by atomic mass is 35.5. The number of aryl methyl sites for hydroxylation is 2. The Kier molecular flexibility index (Phi) is 8.82. The van der Waals surface area contributed by atoms with Gasteiger partial charge in [-0.15, -0.1) is 12.4 Å². The first kappa shape index (κ1) is 24.3. The van der Waals surface area contributed by atoms with Crippen LogP contribution in [0.3, 0.4) is 0 Å². The van der Waals surface area contributed by atoms with E-state index in [1.54, 1.807) is 6.92 Å². The molecule has 0 atom stereocenters. The highest BCUT2D eigenvalue weighted by molar-refractivity contribution is 6.31. The fourth-order valence-electron chi connectivity index (χ4n) is 2.80. The minimum Gasteiger partial charge on any atom is -0.361 e. The second-order valence-corrected chi connectivity index (χ2v) is 8.70. The monoisotopic (exact) mass is 420 g/mol. The summed E-state index contributed by atoms with van der Waals surface area (Å²) < 4.78 is 0. The molecular formula is C23H30Cl2N2O. The van der Waals surface area contributed by atoms with Crippen molar-refractivity contribution in [3.8, 4) is 23.0 Å². The van der Waals surface area contributed by atoms with Gasteiger partial charge in [0, 0.05) is 22.5 Å². The van der Waals surface area contributed by atoms with E-state index in [2.05, 4.69) is 49.5 Å². The van der Waals surface area contributed by atoms with E-state index >= 15 is 0 Å². The molecule has 0 fully saturated rings. The molecular weight excluding hydrogens is 391 g/mol. The van der Waals surface area contributed by atoms with E-state index in [-0.39, 0.29) is 22.9 Å². The number of aromatic amines is 1. The van der Waals surface area contributed by atoms with Crippen molar-refractivity contribution < 1.29 is 0 Å². The van der Waals surface area contributed by atoms with E-state index in [9.17, 15) is 4.79 Å². The van der Waals surface area contributed by atoms with E-state index in [0.29, 0.717) is 16.7 Å². The fourth-order valence-corrected chi connectivity index (χ4v) is 2.94. The molecule has 5 heteroatoms. The topological polar surface area (TPSA) is 36.1 Å². The van der Waals surface area contributed by atoms with Crippen LogP contribution in [0.5, 0.6) is 0 Å². The van der Waals surface area contributed by atoms with Crippen LogP contribution in [0.2, 0.25) is 5.02 Å². The lowest BCUT2D eigenvalue weighted by Crippen LogP contribution is -2.23. The zero-order valence-electron chi connectivity index (χ0n) is 17.6. The number of rotatable bonds is 4. The lowest BCUT2D eigenvalue weighted by molar-refractivity contribution is 0.283. The molecule has 0 spiro atoms. The highest BCUT2D eigenvalue weighted by Crippen LogP contribution is 2.22. The first-order valence-corrected chi connectivity index (χ1v) is 9.63. The van der Waals surface area contributed by atoms with Crippen molar-refractivity contribution >= 4 is 24.0 Å². The third kappa shape index (κ3) is 6.71. The van der Waals surface area contributed by atoms with Gasteiger partial charge in [0.25, 0.3) is 0 Å². The van der Waals surface area contributed by atoms with Gasteiger partial charge in [-0.05, 0) is 57.0 Å². The Labute approximate surface area is 179 Å². The van der Waals surface area contributed by atoms with Gasteiger partial charge in [0.05, 0.1) is 6.54 Å². The van der Waals surface area contributed by atoms with Gasteiger partial charge in [-0.2, -0.15) is 0 Å². The highest BCUT2D eigenvalue weighted by Gasteiger charge is 2.13. The number of hydrogen-bond acceptors (Lipinski definition) is 2. The molecule has 2 aromatic rings. The van der Waals surface area contributed by atoms with Gasteiger partial charge in [0.15, 0.2) is 0 Å². The molecule has 1 N–H and O–H groups in total. The number of nitrogens with one attached hydrogen (secondary N) is 1. The Hall–Kier alpha value is -1.73. The Bertz CT molecular complexity index is 913. The zero-order chi connectivity index (χ0) is 20.2. The Morgan fingerprint density at radius 1 is 1.11 bits per heavy atom. The third-order valence-electron chi connectivity index (χ3n) is 4.50. The average Bonchev–Trinajstić information content (AvgIpc) is 2.59. The Morgan fingerprint density at radius 3 is 2.29 bits per heavy atom.